The molecule has 0 saturated heterocycles. The molecule has 1 aliphatic heterocycles. The summed E-state index contributed by atoms with van der Waals surface area (Å²) in [6, 6.07) is 21.3. The van der Waals surface area contributed by atoms with Crippen LogP contribution < -0.4 is 10.6 Å². The maximum Gasteiger partial charge on any atom is 0.0703 e. The van der Waals surface area contributed by atoms with Gasteiger partial charge < -0.3 is 10.6 Å². The highest BCUT2D eigenvalue weighted by molar-refractivity contribution is 5.93. The molecule has 0 atom stereocenters. The van der Waals surface area contributed by atoms with Gasteiger partial charge in [0.2, 0.25) is 0 Å². The number of hydrogen-bond donors (Lipinski definition) is 2. The molecule has 2 aromatic rings. The highest BCUT2D eigenvalue weighted by atomic mass is 15.1. The lowest BCUT2D eigenvalue weighted by Gasteiger charge is -2.32. The molecule has 0 unspecified atom stereocenters. The topological polar surface area (TPSA) is 24.1 Å². The SMILES string of the molecule is CCC(C)(C)/C(C)=C/C=C(C)/C(C)=C1\NC(c2ccccc2)=C(c2ccccc2)N\C1=C(C)/C(C)=C/C=C(\C)C(C)(CC)CC. The summed E-state index contributed by atoms with van der Waals surface area (Å²) in [5.41, 5.74) is 14.8. The van der Waals surface area contributed by atoms with Crippen molar-refractivity contribution in [2.75, 3.05) is 0 Å². The van der Waals surface area contributed by atoms with Crippen LogP contribution in [0.4, 0.5) is 0 Å². The molecule has 0 aliphatic carbocycles. The molecule has 45 heavy (non-hydrogen) atoms. The summed E-state index contributed by atoms with van der Waals surface area (Å²) in [7, 11) is 0. The molecule has 1 heterocycles. The predicted molar refractivity (Wildman–Crippen MR) is 199 cm³/mol. The molecule has 0 aromatic heterocycles. The average molecular weight is 603 g/mol. The molecule has 0 bridgehead atoms. The van der Waals surface area contributed by atoms with E-state index in [0.717, 1.165) is 53.2 Å². The van der Waals surface area contributed by atoms with Crippen LogP contribution >= 0.6 is 0 Å². The van der Waals surface area contributed by atoms with E-state index >= 15 is 0 Å². The van der Waals surface area contributed by atoms with Gasteiger partial charge in [0.25, 0.3) is 0 Å². The van der Waals surface area contributed by atoms with E-state index in [2.05, 4.69) is 179 Å². The maximum atomic E-state index is 3.96. The highest BCUT2D eigenvalue weighted by Crippen LogP contribution is 2.37. The zero-order chi connectivity index (χ0) is 33.4. The third kappa shape index (κ3) is 8.48. The van der Waals surface area contributed by atoms with Crippen LogP contribution in [0.2, 0.25) is 0 Å². The van der Waals surface area contributed by atoms with Gasteiger partial charge in [-0.25, -0.2) is 0 Å². The second-order valence-electron chi connectivity index (χ2n) is 13.6. The number of benzene rings is 2. The van der Waals surface area contributed by atoms with E-state index in [1.165, 1.54) is 33.4 Å². The van der Waals surface area contributed by atoms with Gasteiger partial charge >= 0.3 is 0 Å². The van der Waals surface area contributed by atoms with Crippen molar-refractivity contribution in [2.24, 2.45) is 10.8 Å². The Kier molecular flexibility index (Phi) is 12.3. The molecule has 240 valence electrons. The third-order valence-electron chi connectivity index (χ3n) is 10.7. The van der Waals surface area contributed by atoms with E-state index in [1.807, 2.05) is 0 Å². The van der Waals surface area contributed by atoms with Crippen LogP contribution in [0.1, 0.15) is 113 Å². The van der Waals surface area contributed by atoms with Crippen molar-refractivity contribution in [1.82, 2.24) is 10.6 Å². The molecule has 3 rings (SSSR count). The Morgan fingerprint density at radius 3 is 1.27 bits per heavy atom. The van der Waals surface area contributed by atoms with Gasteiger partial charge in [-0.1, -0.05) is 138 Å². The average Bonchev–Trinajstić information content (AvgIpc) is 3.08. The Labute approximate surface area is 275 Å². The molecule has 0 radical (unpaired) electrons. The summed E-state index contributed by atoms with van der Waals surface area (Å²) in [5.74, 6) is 0. The van der Waals surface area contributed by atoms with Gasteiger partial charge in [-0.05, 0) is 93.9 Å². The normalized spacial score (nSPS) is 18.0. The fourth-order valence-corrected chi connectivity index (χ4v) is 5.36. The first-order valence-electron chi connectivity index (χ1n) is 16.8. The summed E-state index contributed by atoms with van der Waals surface area (Å²) in [6.45, 7) is 27.3. The molecule has 0 spiro atoms. The van der Waals surface area contributed by atoms with Crippen LogP contribution in [0.25, 0.3) is 11.4 Å². The van der Waals surface area contributed by atoms with Gasteiger partial charge in [0, 0.05) is 11.1 Å². The molecule has 0 amide bonds. The van der Waals surface area contributed by atoms with Gasteiger partial charge in [-0.2, -0.15) is 0 Å². The number of nitrogens with one attached hydrogen (secondary N) is 2. The molecule has 2 heteroatoms. The first-order valence-corrected chi connectivity index (χ1v) is 16.8. The van der Waals surface area contributed by atoms with Crippen molar-refractivity contribution < 1.29 is 0 Å². The molecule has 1 aliphatic rings. The van der Waals surface area contributed by atoms with E-state index < -0.39 is 0 Å². The first kappa shape index (κ1) is 35.7. The summed E-state index contributed by atoms with van der Waals surface area (Å²) in [6.07, 6.45) is 12.6. The van der Waals surface area contributed by atoms with Crippen LogP contribution in [0.15, 0.2) is 130 Å². The molecule has 0 saturated carbocycles. The minimum absolute atomic E-state index is 0.178. The zero-order valence-electron chi connectivity index (χ0n) is 30.2. The lowest BCUT2D eigenvalue weighted by atomic mass is 9.78. The summed E-state index contributed by atoms with van der Waals surface area (Å²) < 4.78 is 0. The Morgan fingerprint density at radius 2 is 0.911 bits per heavy atom. The van der Waals surface area contributed by atoms with E-state index in [-0.39, 0.29) is 10.8 Å². The summed E-state index contributed by atoms with van der Waals surface area (Å²) >= 11 is 0. The molecular weight excluding hydrogens is 544 g/mol. The standard InChI is InChI=1S/C43H58N2/c1-13-42(10,11)32(6)28-26-30(4)34(8)38-39(35(9)31(5)27-29-33(7)43(12,14-2)15-3)45-41(37-24-20-17-21-25-37)40(44-38)36-22-18-16-19-23-36/h16-29,44-45H,13-15H2,1-12H3/b30-26+,31-27+,32-28+,33-29+,38-34-,39-35-. The zero-order valence-corrected chi connectivity index (χ0v) is 30.2. The van der Waals surface area contributed by atoms with Gasteiger partial charge in [0.15, 0.2) is 0 Å². The van der Waals surface area contributed by atoms with Gasteiger partial charge in [-0.3, -0.25) is 0 Å². The largest absolute Gasteiger partial charge is 0.351 e. The van der Waals surface area contributed by atoms with E-state index in [4.69, 9.17) is 0 Å². The quantitative estimate of drug-likeness (QED) is 0.250. The van der Waals surface area contributed by atoms with E-state index in [0.29, 0.717) is 0 Å². The Balaban J connectivity index is 2.30. The Hall–Kier alpha value is -3.78. The number of rotatable bonds is 11. The van der Waals surface area contributed by atoms with Crippen molar-refractivity contribution in [2.45, 2.75) is 102 Å². The van der Waals surface area contributed by atoms with Crippen molar-refractivity contribution in [3.05, 3.63) is 141 Å². The summed E-state index contributed by atoms with van der Waals surface area (Å²) in [4.78, 5) is 0. The lowest BCUT2D eigenvalue weighted by Crippen LogP contribution is -2.32. The van der Waals surface area contributed by atoms with Gasteiger partial charge in [0.05, 0.1) is 22.8 Å². The van der Waals surface area contributed by atoms with Gasteiger partial charge in [0.1, 0.15) is 0 Å². The van der Waals surface area contributed by atoms with Crippen LogP contribution in [-0.4, -0.2) is 0 Å². The fraction of sp³-hybridized carbons (Fsp3) is 0.395. The predicted octanol–water partition coefficient (Wildman–Crippen LogP) is 12.3. The Bertz CT molecular complexity index is 1550. The maximum absolute atomic E-state index is 3.96. The Morgan fingerprint density at radius 1 is 0.533 bits per heavy atom. The van der Waals surface area contributed by atoms with Crippen molar-refractivity contribution in [3.63, 3.8) is 0 Å². The fourth-order valence-electron chi connectivity index (χ4n) is 5.36. The minimum Gasteiger partial charge on any atom is -0.351 e. The highest BCUT2D eigenvalue weighted by Gasteiger charge is 2.26. The van der Waals surface area contributed by atoms with Crippen LogP contribution in [0, 0.1) is 10.8 Å². The van der Waals surface area contributed by atoms with Crippen molar-refractivity contribution >= 4 is 11.4 Å². The smallest absolute Gasteiger partial charge is 0.0703 e. The molecule has 2 aromatic carbocycles. The minimum atomic E-state index is 0.178. The van der Waals surface area contributed by atoms with Crippen LogP contribution in [0.5, 0.6) is 0 Å². The molecule has 2 N–H and O–H groups in total. The molecular formula is C43H58N2. The molecule has 0 fully saturated rings. The monoisotopic (exact) mass is 602 g/mol. The van der Waals surface area contributed by atoms with Crippen LogP contribution in [-0.2, 0) is 0 Å². The van der Waals surface area contributed by atoms with Crippen molar-refractivity contribution in [3.8, 4) is 0 Å². The summed E-state index contributed by atoms with van der Waals surface area (Å²) in [5, 5.41) is 7.91. The molecule has 2 nitrogen and oxygen atoms in total. The van der Waals surface area contributed by atoms with E-state index in [9.17, 15) is 0 Å². The number of hydrogen-bond acceptors (Lipinski definition) is 2. The second kappa shape index (κ2) is 15.5. The van der Waals surface area contributed by atoms with Crippen molar-refractivity contribution in [1.29, 1.82) is 0 Å². The van der Waals surface area contributed by atoms with Crippen LogP contribution in [0.3, 0.4) is 0 Å². The third-order valence-corrected chi connectivity index (χ3v) is 10.7. The van der Waals surface area contributed by atoms with Gasteiger partial charge in [-0.15, -0.1) is 0 Å². The first-order chi connectivity index (χ1) is 21.3. The lowest BCUT2D eigenvalue weighted by molar-refractivity contribution is 0.368. The number of allylic oxidation sites excluding steroid dienone is 10. The second-order valence-corrected chi connectivity index (χ2v) is 13.6. The van der Waals surface area contributed by atoms with E-state index in [1.54, 1.807) is 0 Å².